The highest BCUT2D eigenvalue weighted by molar-refractivity contribution is 9.10. The Hall–Kier alpha value is -1.75. The average molecular weight is 309 g/mol. The Balaban J connectivity index is 2.20. The number of halogens is 2. The second-order valence-electron chi connectivity index (χ2n) is 3.74. The van der Waals surface area contributed by atoms with Gasteiger partial charge in [-0.1, -0.05) is 15.9 Å². The fourth-order valence-electron chi connectivity index (χ4n) is 1.44. The van der Waals surface area contributed by atoms with Crippen LogP contribution in [0.3, 0.4) is 0 Å². The highest BCUT2D eigenvalue weighted by atomic mass is 79.9. The Labute approximate surface area is 112 Å². The zero-order valence-electron chi connectivity index (χ0n) is 9.60. The van der Waals surface area contributed by atoms with Crippen LogP contribution in [-0.2, 0) is 7.05 Å². The summed E-state index contributed by atoms with van der Waals surface area (Å²) in [5.41, 5.74) is 0.692. The number of ketones is 1. The molecule has 3 nitrogen and oxygen atoms in total. The van der Waals surface area contributed by atoms with Gasteiger partial charge in [-0.2, -0.15) is 5.10 Å². The topological polar surface area (TPSA) is 34.9 Å². The molecule has 2 rings (SSSR count). The van der Waals surface area contributed by atoms with Crippen LogP contribution in [-0.4, -0.2) is 15.6 Å². The molecule has 0 spiro atoms. The third kappa shape index (κ3) is 2.92. The molecule has 0 unspecified atom stereocenters. The standard InChI is InChI=1S/C13H10BrFN2O/c1-17-7-6-12(16-17)13(18)5-2-9-8-10(14)3-4-11(9)15/h2-8H,1H3/b5-2+. The van der Waals surface area contributed by atoms with Gasteiger partial charge in [-0.3, -0.25) is 9.48 Å². The lowest BCUT2D eigenvalue weighted by atomic mass is 10.1. The fraction of sp³-hybridized carbons (Fsp3) is 0.0769. The number of hydrogen-bond acceptors (Lipinski definition) is 2. The second-order valence-corrected chi connectivity index (χ2v) is 4.65. The molecule has 1 aromatic heterocycles. The van der Waals surface area contributed by atoms with Crippen LogP contribution in [0.4, 0.5) is 4.39 Å². The number of rotatable bonds is 3. The second kappa shape index (κ2) is 5.27. The lowest BCUT2D eigenvalue weighted by Crippen LogP contribution is -1.97. The van der Waals surface area contributed by atoms with Crippen molar-refractivity contribution in [3.8, 4) is 0 Å². The van der Waals surface area contributed by atoms with Gasteiger partial charge in [0.2, 0.25) is 5.78 Å². The van der Waals surface area contributed by atoms with E-state index < -0.39 is 0 Å². The summed E-state index contributed by atoms with van der Waals surface area (Å²) in [6.07, 6.45) is 4.44. The van der Waals surface area contributed by atoms with Crippen molar-refractivity contribution < 1.29 is 9.18 Å². The molecule has 1 aromatic carbocycles. The lowest BCUT2D eigenvalue weighted by Gasteiger charge is -1.97. The predicted molar refractivity (Wildman–Crippen MR) is 70.7 cm³/mol. The van der Waals surface area contributed by atoms with Crippen LogP contribution in [0.25, 0.3) is 6.08 Å². The molecule has 0 radical (unpaired) electrons. The summed E-state index contributed by atoms with van der Waals surface area (Å²) < 4.78 is 15.7. The van der Waals surface area contributed by atoms with Crippen molar-refractivity contribution in [2.24, 2.45) is 7.05 Å². The van der Waals surface area contributed by atoms with Gasteiger partial charge in [0.25, 0.3) is 0 Å². The van der Waals surface area contributed by atoms with Crippen molar-refractivity contribution in [3.63, 3.8) is 0 Å². The Kier molecular flexibility index (Phi) is 3.72. The molecule has 0 amide bonds. The minimum Gasteiger partial charge on any atom is -0.287 e. The summed E-state index contributed by atoms with van der Waals surface area (Å²) in [4.78, 5) is 11.7. The van der Waals surface area contributed by atoms with Crippen LogP contribution in [0.15, 0.2) is 41.0 Å². The van der Waals surface area contributed by atoms with E-state index in [1.807, 2.05) is 0 Å². The highest BCUT2D eigenvalue weighted by Gasteiger charge is 2.05. The molecule has 0 saturated heterocycles. The molecule has 92 valence electrons. The molecule has 0 saturated carbocycles. The maximum Gasteiger partial charge on any atom is 0.206 e. The molecule has 0 aliphatic heterocycles. The van der Waals surface area contributed by atoms with Crippen LogP contribution < -0.4 is 0 Å². The van der Waals surface area contributed by atoms with E-state index in [-0.39, 0.29) is 11.6 Å². The van der Waals surface area contributed by atoms with Crippen molar-refractivity contribution in [1.29, 1.82) is 0 Å². The van der Waals surface area contributed by atoms with Gasteiger partial charge in [0.05, 0.1) is 0 Å². The van der Waals surface area contributed by atoms with E-state index in [2.05, 4.69) is 21.0 Å². The van der Waals surface area contributed by atoms with Gasteiger partial charge >= 0.3 is 0 Å². The van der Waals surface area contributed by atoms with E-state index in [1.165, 1.54) is 18.2 Å². The van der Waals surface area contributed by atoms with E-state index in [9.17, 15) is 9.18 Å². The van der Waals surface area contributed by atoms with E-state index in [1.54, 1.807) is 36.1 Å². The van der Waals surface area contributed by atoms with Crippen molar-refractivity contribution >= 4 is 27.8 Å². The van der Waals surface area contributed by atoms with Gasteiger partial charge in [0, 0.05) is 23.3 Å². The van der Waals surface area contributed by atoms with Gasteiger partial charge < -0.3 is 0 Å². The molecule has 0 N–H and O–H groups in total. The van der Waals surface area contributed by atoms with Crippen molar-refractivity contribution in [3.05, 3.63) is 58.1 Å². The molecule has 5 heteroatoms. The zero-order valence-corrected chi connectivity index (χ0v) is 11.2. The smallest absolute Gasteiger partial charge is 0.206 e. The molecule has 0 bridgehead atoms. The SMILES string of the molecule is Cn1ccc(C(=O)/C=C/c2cc(Br)ccc2F)n1. The lowest BCUT2D eigenvalue weighted by molar-refractivity contribution is 0.104. The molecule has 0 aliphatic rings. The summed E-state index contributed by atoms with van der Waals surface area (Å²) in [7, 11) is 1.73. The van der Waals surface area contributed by atoms with Crippen LogP contribution in [0.2, 0.25) is 0 Å². The molecular weight excluding hydrogens is 299 g/mol. The van der Waals surface area contributed by atoms with Gasteiger partial charge in [-0.25, -0.2) is 4.39 Å². The summed E-state index contributed by atoms with van der Waals surface area (Å²) in [6, 6.07) is 6.17. The minimum atomic E-state index is -0.372. The summed E-state index contributed by atoms with van der Waals surface area (Å²) in [5.74, 6) is -0.627. The number of aromatic nitrogens is 2. The fourth-order valence-corrected chi connectivity index (χ4v) is 1.82. The number of aryl methyl sites for hydroxylation is 1. The zero-order chi connectivity index (χ0) is 13.1. The summed E-state index contributed by atoms with van der Waals surface area (Å²) >= 11 is 3.25. The number of carbonyl (C=O) groups excluding carboxylic acids is 1. The maximum atomic E-state index is 13.4. The molecule has 1 heterocycles. The maximum absolute atomic E-state index is 13.4. The molecule has 0 atom stereocenters. The third-order valence-electron chi connectivity index (χ3n) is 2.34. The van der Waals surface area contributed by atoms with E-state index in [0.29, 0.717) is 11.3 Å². The number of carbonyl (C=O) groups is 1. The number of benzene rings is 1. The Morgan fingerprint density at radius 3 is 2.89 bits per heavy atom. The van der Waals surface area contributed by atoms with E-state index in [0.717, 1.165) is 4.47 Å². The van der Waals surface area contributed by atoms with E-state index in [4.69, 9.17) is 0 Å². The van der Waals surface area contributed by atoms with Gasteiger partial charge in [-0.05, 0) is 36.4 Å². The summed E-state index contributed by atoms with van der Waals surface area (Å²) in [6.45, 7) is 0. The molecule has 2 aromatic rings. The Morgan fingerprint density at radius 1 is 1.44 bits per heavy atom. The largest absolute Gasteiger partial charge is 0.287 e. The first kappa shape index (κ1) is 12.7. The van der Waals surface area contributed by atoms with Crippen molar-refractivity contribution in [1.82, 2.24) is 9.78 Å². The number of hydrogen-bond donors (Lipinski definition) is 0. The Morgan fingerprint density at radius 2 is 2.22 bits per heavy atom. The first-order chi connectivity index (χ1) is 8.56. The predicted octanol–water partition coefficient (Wildman–Crippen LogP) is 3.22. The van der Waals surface area contributed by atoms with Gasteiger partial charge in [0.1, 0.15) is 11.5 Å². The molecule has 0 aliphatic carbocycles. The van der Waals surface area contributed by atoms with E-state index >= 15 is 0 Å². The van der Waals surface area contributed by atoms with Crippen LogP contribution in [0.5, 0.6) is 0 Å². The van der Waals surface area contributed by atoms with Gasteiger partial charge in [0.15, 0.2) is 0 Å². The first-order valence-electron chi connectivity index (χ1n) is 5.23. The highest BCUT2D eigenvalue weighted by Crippen LogP contribution is 2.17. The minimum absolute atomic E-state index is 0.255. The first-order valence-corrected chi connectivity index (χ1v) is 6.02. The Bertz CT molecular complexity index is 619. The monoisotopic (exact) mass is 308 g/mol. The molecule has 0 fully saturated rings. The van der Waals surface area contributed by atoms with Gasteiger partial charge in [-0.15, -0.1) is 0 Å². The molecule has 18 heavy (non-hydrogen) atoms. The quantitative estimate of drug-likeness (QED) is 0.644. The van der Waals surface area contributed by atoms with Crippen molar-refractivity contribution in [2.45, 2.75) is 0 Å². The van der Waals surface area contributed by atoms with Crippen LogP contribution in [0.1, 0.15) is 16.1 Å². The summed E-state index contributed by atoms with van der Waals surface area (Å²) in [5, 5.41) is 3.98. The normalized spacial score (nSPS) is 11.1. The van der Waals surface area contributed by atoms with Crippen LogP contribution in [0, 0.1) is 5.82 Å². The molecular formula is C13H10BrFN2O. The average Bonchev–Trinajstić information content (AvgIpc) is 2.77. The number of allylic oxidation sites excluding steroid dienone is 1. The van der Waals surface area contributed by atoms with Crippen molar-refractivity contribution in [2.75, 3.05) is 0 Å². The third-order valence-corrected chi connectivity index (χ3v) is 2.83. The number of nitrogens with zero attached hydrogens (tertiary/aromatic N) is 2. The van der Waals surface area contributed by atoms with Crippen LogP contribution >= 0.6 is 15.9 Å².